The molecule has 2 nitrogen and oxygen atoms in total. The van der Waals surface area contributed by atoms with Crippen LogP contribution in [0.1, 0.15) is 54.4 Å². The van der Waals surface area contributed by atoms with E-state index in [9.17, 15) is 9.59 Å². The lowest BCUT2D eigenvalue weighted by Gasteiger charge is -2.22. The Hall–Kier alpha value is -1.18. The highest BCUT2D eigenvalue weighted by molar-refractivity contribution is 6.24. The predicted molar refractivity (Wildman–Crippen MR) is 69.8 cm³/mol. The van der Waals surface area contributed by atoms with E-state index in [1.165, 1.54) is 0 Å². The number of hydrogen-bond acceptors (Lipinski definition) is 2. The molecule has 0 saturated carbocycles. The first-order valence-corrected chi connectivity index (χ1v) is 6.12. The molecule has 0 aromatic rings. The summed E-state index contributed by atoms with van der Waals surface area (Å²) in [7, 11) is 0. The summed E-state index contributed by atoms with van der Waals surface area (Å²) in [5, 5.41) is 0. The van der Waals surface area contributed by atoms with Crippen LogP contribution in [0.2, 0.25) is 0 Å². The fraction of sp³-hybridized carbons (Fsp3) is 0.600. The lowest BCUT2D eigenvalue weighted by molar-refractivity contribution is -0.116. The second kappa shape index (κ2) is 4.59. The van der Waals surface area contributed by atoms with Gasteiger partial charge >= 0.3 is 0 Å². The number of ketones is 2. The third kappa shape index (κ3) is 2.93. The van der Waals surface area contributed by atoms with Crippen molar-refractivity contribution < 1.29 is 9.59 Å². The zero-order valence-electron chi connectivity index (χ0n) is 11.7. The molecule has 0 aromatic heterocycles. The van der Waals surface area contributed by atoms with Crippen LogP contribution in [0.25, 0.3) is 0 Å². The molecule has 0 aromatic carbocycles. The van der Waals surface area contributed by atoms with Crippen LogP contribution >= 0.6 is 0 Å². The van der Waals surface area contributed by atoms with E-state index in [0.717, 1.165) is 6.42 Å². The van der Waals surface area contributed by atoms with Crippen LogP contribution in [0.5, 0.6) is 0 Å². The van der Waals surface area contributed by atoms with E-state index in [0.29, 0.717) is 28.7 Å². The molecular formula is C15H22O2. The monoisotopic (exact) mass is 234 g/mol. The van der Waals surface area contributed by atoms with Gasteiger partial charge in [-0.25, -0.2) is 0 Å². The topological polar surface area (TPSA) is 34.1 Å². The fourth-order valence-electron chi connectivity index (χ4n) is 1.96. The standard InChI is InChI=1S/C15H22O2/c1-9-10(2)14(17)12(11(3)13(9)16)7-8-15(4,5)6/h7-8H2,1-6H3. The van der Waals surface area contributed by atoms with Crippen LogP contribution in [-0.2, 0) is 9.59 Å². The number of allylic oxidation sites excluding steroid dienone is 4. The maximum atomic E-state index is 12.1. The van der Waals surface area contributed by atoms with E-state index in [1.54, 1.807) is 20.8 Å². The van der Waals surface area contributed by atoms with Gasteiger partial charge in [-0.2, -0.15) is 0 Å². The normalized spacial score (nSPS) is 18.2. The third-order valence-corrected chi connectivity index (χ3v) is 3.44. The Kier molecular flexibility index (Phi) is 3.75. The first-order valence-electron chi connectivity index (χ1n) is 6.12. The molecule has 0 N–H and O–H groups in total. The van der Waals surface area contributed by atoms with Crippen molar-refractivity contribution in [2.24, 2.45) is 5.41 Å². The Bertz CT molecular complexity index is 428. The molecule has 0 aliphatic heterocycles. The Morgan fingerprint density at radius 3 is 1.76 bits per heavy atom. The Labute approximate surface area is 104 Å². The fourth-order valence-corrected chi connectivity index (χ4v) is 1.96. The largest absolute Gasteiger partial charge is 0.289 e. The molecule has 17 heavy (non-hydrogen) atoms. The number of carbonyl (C=O) groups is 2. The first-order chi connectivity index (χ1) is 7.65. The van der Waals surface area contributed by atoms with Gasteiger partial charge in [0.05, 0.1) is 0 Å². The van der Waals surface area contributed by atoms with Crippen LogP contribution in [0.15, 0.2) is 22.3 Å². The summed E-state index contributed by atoms with van der Waals surface area (Å²) in [5.41, 5.74) is 2.76. The van der Waals surface area contributed by atoms with Gasteiger partial charge in [0, 0.05) is 22.3 Å². The van der Waals surface area contributed by atoms with E-state index < -0.39 is 0 Å². The molecule has 0 fully saturated rings. The molecular weight excluding hydrogens is 212 g/mol. The van der Waals surface area contributed by atoms with Crippen molar-refractivity contribution in [2.75, 3.05) is 0 Å². The van der Waals surface area contributed by atoms with Gasteiger partial charge in [0.2, 0.25) is 0 Å². The molecule has 0 bridgehead atoms. The number of hydrogen-bond donors (Lipinski definition) is 0. The Morgan fingerprint density at radius 1 is 0.824 bits per heavy atom. The molecule has 0 spiro atoms. The maximum Gasteiger partial charge on any atom is 0.185 e. The van der Waals surface area contributed by atoms with Crippen LogP contribution < -0.4 is 0 Å². The zero-order valence-corrected chi connectivity index (χ0v) is 11.7. The van der Waals surface area contributed by atoms with Gasteiger partial charge in [-0.05, 0) is 39.0 Å². The third-order valence-electron chi connectivity index (χ3n) is 3.44. The Balaban J connectivity index is 3.00. The molecule has 0 heterocycles. The van der Waals surface area contributed by atoms with E-state index in [2.05, 4.69) is 20.8 Å². The van der Waals surface area contributed by atoms with Crippen molar-refractivity contribution in [3.63, 3.8) is 0 Å². The van der Waals surface area contributed by atoms with Gasteiger partial charge in [-0.1, -0.05) is 20.8 Å². The summed E-state index contributed by atoms with van der Waals surface area (Å²) in [6, 6.07) is 0. The van der Waals surface area contributed by atoms with Crippen LogP contribution in [0.4, 0.5) is 0 Å². The smallest absolute Gasteiger partial charge is 0.185 e. The SMILES string of the molecule is CC1=C(C)C(=O)C(CCC(C)(C)C)=C(C)C1=O. The average molecular weight is 234 g/mol. The quantitative estimate of drug-likeness (QED) is 0.684. The molecule has 2 heteroatoms. The number of Topliss-reactive ketones (excluding diaryl/α,β-unsaturated/α-hetero) is 2. The molecule has 0 unspecified atom stereocenters. The predicted octanol–water partition coefficient (Wildman–Crippen LogP) is 3.62. The highest BCUT2D eigenvalue weighted by Gasteiger charge is 2.28. The van der Waals surface area contributed by atoms with Gasteiger partial charge in [0.15, 0.2) is 11.6 Å². The van der Waals surface area contributed by atoms with Gasteiger partial charge in [0.1, 0.15) is 0 Å². The van der Waals surface area contributed by atoms with Crippen molar-refractivity contribution in [3.05, 3.63) is 22.3 Å². The second-order valence-corrected chi connectivity index (χ2v) is 6.07. The van der Waals surface area contributed by atoms with Gasteiger partial charge in [-0.3, -0.25) is 9.59 Å². The highest BCUT2D eigenvalue weighted by atomic mass is 16.1. The van der Waals surface area contributed by atoms with E-state index in [-0.39, 0.29) is 17.0 Å². The van der Waals surface area contributed by atoms with Crippen molar-refractivity contribution in [1.29, 1.82) is 0 Å². The second-order valence-electron chi connectivity index (χ2n) is 6.07. The minimum absolute atomic E-state index is 0.0333. The van der Waals surface area contributed by atoms with Crippen LogP contribution in [0, 0.1) is 5.41 Å². The van der Waals surface area contributed by atoms with Crippen LogP contribution in [-0.4, -0.2) is 11.6 Å². The van der Waals surface area contributed by atoms with Gasteiger partial charge in [-0.15, -0.1) is 0 Å². The minimum atomic E-state index is 0.0333. The molecule has 1 rings (SSSR count). The summed E-state index contributed by atoms with van der Waals surface area (Å²) in [6.45, 7) is 11.7. The minimum Gasteiger partial charge on any atom is -0.289 e. The van der Waals surface area contributed by atoms with Gasteiger partial charge in [0.25, 0.3) is 0 Å². The summed E-state index contributed by atoms with van der Waals surface area (Å²) in [4.78, 5) is 24.1. The lowest BCUT2D eigenvalue weighted by atomic mass is 9.80. The van der Waals surface area contributed by atoms with E-state index >= 15 is 0 Å². The maximum absolute atomic E-state index is 12.1. The molecule has 1 aliphatic carbocycles. The Morgan fingerprint density at radius 2 is 1.29 bits per heavy atom. The lowest BCUT2D eigenvalue weighted by Crippen LogP contribution is -2.21. The number of rotatable bonds is 2. The molecule has 94 valence electrons. The molecule has 0 radical (unpaired) electrons. The molecule has 0 atom stereocenters. The van der Waals surface area contributed by atoms with Crippen molar-refractivity contribution in [3.8, 4) is 0 Å². The first kappa shape index (κ1) is 13.9. The number of carbonyl (C=O) groups excluding carboxylic acids is 2. The van der Waals surface area contributed by atoms with Crippen LogP contribution in [0.3, 0.4) is 0 Å². The molecule has 1 aliphatic rings. The van der Waals surface area contributed by atoms with Crippen molar-refractivity contribution >= 4 is 11.6 Å². The average Bonchev–Trinajstić information content (AvgIpc) is 2.22. The van der Waals surface area contributed by atoms with E-state index in [1.807, 2.05) is 0 Å². The summed E-state index contributed by atoms with van der Waals surface area (Å²) >= 11 is 0. The van der Waals surface area contributed by atoms with Crippen molar-refractivity contribution in [2.45, 2.75) is 54.4 Å². The van der Waals surface area contributed by atoms with Crippen molar-refractivity contribution in [1.82, 2.24) is 0 Å². The van der Waals surface area contributed by atoms with E-state index in [4.69, 9.17) is 0 Å². The molecule has 0 saturated heterocycles. The highest BCUT2D eigenvalue weighted by Crippen LogP contribution is 2.30. The summed E-state index contributed by atoms with van der Waals surface area (Å²) in [6.07, 6.45) is 1.62. The zero-order chi connectivity index (χ0) is 13.4. The molecule has 0 amide bonds. The summed E-state index contributed by atoms with van der Waals surface area (Å²) < 4.78 is 0. The van der Waals surface area contributed by atoms with Gasteiger partial charge < -0.3 is 0 Å². The summed E-state index contributed by atoms with van der Waals surface area (Å²) in [5.74, 6) is 0.0925.